The van der Waals surface area contributed by atoms with E-state index >= 15 is 0 Å². The first-order valence-corrected chi connectivity index (χ1v) is 8.44. The first-order chi connectivity index (χ1) is 9.91. The molecule has 1 heterocycles. The van der Waals surface area contributed by atoms with Crippen molar-refractivity contribution in [3.63, 3.8) is 0 Å². The van der Waals surface area contributed by atoms with Gasteiger partial charge in [-0.05, 0) is 24.6 Å². The van der Waals surface area contributed by atoms with Crippen LogP contribution in [0.3, 0.4) is 0 Å². The van der Waals surface area contributed by atoms with Crippen LogP contribution in [-0.2, 0) is 21.3 Å². The predicted molar refractivity (Wildman–Crippen MR) is 82.5 cm³/mol. The van der Waals surface area contributed by atoms with E-state index in [1.165, 1.54) is 4.31 Å². The Bertz CT molecular complexity index is 515. The summed E-state index contributed by atoms with van der Waals surface area (Å²) in [6.45, 7) is 5.77. The van der Waals surface area contributed by atoms with Crippen molar-refractivity contribution >= 4 is 10.0 Å². The highest BCUT2D eigenvalue weighted by Gasteiger charge is 2.26. The van der Waals surface area contributed by atoms with Crippen LogP contribution in [0.2, 0.25) is 0 Å². The number of sulfonamides is 1. The Labute approximate surface area is 127 Å². The van der Waals surface area contributed by atoms with Crippen molar-refractivity contribution in [1.29, 1.82) is 0 Å². The van der Waals surface area contributed by atoms with Crippen molar-refractivity contribution in [3.8, 4) is 0 Å². The van der Waals surface area contributed by atoms with Gasteiger partial charge in [0.2, 0.25) is 0 Å². The fourth-order valence-electron chi connectivity index (χ4n) is 1.91. The van der Waals surface area contributed by atoms with Crippen molar-refractivity contribution in [2.24, 2.45) is 5.92 Å². The molecule has 0 saturated heterocycles. The second-order valence-corrected chi connectivity index (χ2v) is 7.17. The van der Waals surface area contributed by atoms with Crippen LogP contribution >= 0.6 is 0 Å². The van der Waals surface area contributed by atoms with Gasteiger partial charge in [0, 0.05) is 32.9 Å². The Hall–Kier alpha value is -1.02. The number of hydrogen-bond acceptors (Lipinski definition) is 5. The van der Waals surface area contributed by atoms with Gasteiger partial charge in [-0.2, -0.15) is 4.31 Å². The molecule has 0 bridgehead atoms. The lowest BCUT2D eigenvalue weighted by molar-refractivity contribution is 0.175. The second kappa shape index (κ2) is 8.43. The minimum atomic E-state index is -3.58. The maximum atomic E-state index is 12.6. The van der Waals surface area contributed by atoms with Crippen molar-refractivity contribution in [2.45, 2.75) is 25.4 Å². The van der Waals surface area contributed by atoms with Crippen molar-refractivity contribution in [3.05, 3.63) is 23.9 Å². The third-order valence-electron chi connectivity index (χ3n) is 2.90. The smallest absolute Gasteiger partial charge is 0.260 e. The van der Waals surface area contributed by atoms with Crippen LogP contribution in [0.5, 0.6) is 0 Å². The largest absolute Gasteiger partial charge is 0.383 e. The summed E-state index contributed by atoms with van der Waals surface area (Å²) in [4.78, 5) is 4.09. The highest BCUT2D eigenvalue weighted by molar-refractivity contribution is 7.89. The number of ether oxygens (including phenoxy) is 1. The van der Waals surface area contributed by atoms with Gasteiger partial charge in [-0.3, -0.25) is 0 Å². The molecule has 0 atom stereocenters. The van der Waals surface area contributed by atoms with Gasteiger partial charge in [0.15, 0.2) is 5.03 Å². The van der Waals surface area contributed by atoms with Gasteiger partial charge >= 0.3 is 0 Å². The zero-order chi connectivity index (χ0) is 15.9. The molecule has 0 aliphatic rings. The van der Waals surface area contributed by atoms with Crippen LogP contribution in [0, 0.1) is 5.92 Å². The molecule has 1 N–H and O–H groups in total. The number of aromatic nitrogens is 1. The van der Waals surface area contributed by atoms with Gasteiger partial charge in [0.1, 0.15) is 0 Å². The third-order valence-corrected chi connectivity index (χ3v) is 4.68. The van der Waals surface area contributed by atoms with E-state index in [0.717, 1.165) is 5.56 Å². The van der Waals surface area contributed by atoms with Crippen molar-refractivity contribution in [1.82, 2.24) is 14.6 Å². The van der Waals surface area contributed by atoms with Gasteiger partial charge in [-0.1, -0.05) is 19.9 Å². The van der Waals surface area contributed by atoms with Crippen LogP contribution < -0.4 is 5.32 Å². The lowest BCUT2D eigenvalue weighted by Crippen LogP contribution is -2.37. The fraction of sp³-hybridized carbons (Fsp3) is 0.643. The van der Waals surface area contributed by atoms with Gasteiger partial charge in [-0.15, -0.1) is 0 Å². The molecule has 1 aromatic rings. The summed E-state index contributed by atoms with van der Waals surface area (Å²) < 4.78 is 31.7. The van der Waals surface area contributed by atoms with E-state index in [4.69, 9.17) is 4.74 Å². The van der Waals surface area contributed by atoms with Crippen LogP contribution in [0.25, 0.3) is 0 Å². The SMILES string of the molecule is CNCc1ccc(S(=O)(=O)N(CCOC)CC(C)C)nc1. The van der Waals surface area contributed by atoms with E-state index in [-0.39, 0.29) is 10.9 Å². The van der Waals surface area contributed by atoms with E-state index < -0.39 is 10.0 Å². The molecule has 0 unspecified atom stereocenters. The molecule has 1 aromatic heterocycles. The lowest BCUT2D eigenvalue weighted by atomic mass is 10.2. The molecule has 0 aliphatic heterocycles. The Morgan fingerprint density at radius 1 is 1.38 bits per heavy atom. The van der Waals surface area contributed by atoms with Crippen molar-refractivity contribution < 1.29 is 13.2 Å². The molecule has 6 nitrogen and oxygen atoms in total. The minimum absolute atomic E-state index is 0.0825. The number of nitrogens with zero attached hydrogens (tertiary/aromatic N) is 2. The summed E-state index contributed by atoms with van der Waals surface area (Å²) in [6.07, 6.45) is 1.59. The van der Waals surface area contributed by atoms with E-state index in [9.17, 15) is 8.42 Å². The van der Waals surface area contributed by atoms with Gasteiger partial charge < -0.3 is 10.1 Å². The Morgan fingerprint density at radius 2 is 2.10 bits per heavy atom. The molecule has 0 amide bonds. The Balaban J connectivity index is 2.97. The summed E-state index contributed by atoms with van der Waals surface area (Å²) in [7, 11) is -0.185. The maximum Gasteiger partial charge on any atom is 0.260 e. The number of methoxy groups -OCH3 is 1. The molecule has 1 rings (SSSR count). The molecule has 0 fully saturated rings. The van der Waals surface area contributed by atoms with Crippen LogP contribution in [0.15, 0.2) is 23.4 Å². The molecule has 0 saturated carbocycles. The number of pyridine rings is 1. The first-order valence-electron chi connectivity index (χ1n) is 7.00. The average Bonchev–Trinajstić information content (AvgIpc) is 2.44. The van der Waals surface area contributed by atoms with Crippen LogP contribution in [0.1, 0.15) is 19.4 Å². The standard InChI is InChI=1S/C14H25N3O3S/c1-12(2)11-17(7-8-20-4)21(18,19)14-6-5-13(9-15-3)10-16-14/h5-6,10,12,15H,7-9,11H2,1-4H3. The van der Waals surface area contributed by atoms with E-state index in [0.29, 0.717) is 26.2 Å². The monoisotopic (exact) mass is 315 g/mol. The fourth-order valence-corrected chi connectivity index (χ4v) is 3.41. The molecular weight excluding hydrogens is 290 g/mol. The van der Waals surface area contributed by atoms with Gasteiger partial charge in [-0.25, -0.2) is 13.4 Å². The second-order valence-electron chi connectivity index (χ2n) is 5.28. The third kappa shape index (κ3) is 5.35. The average molecular weight is 315 g/mol. The maximum absolute atomic E-state index is 12.6. The quantitative estimate of drug-likeness (QED) is 0.739. The zero-order valence-electron chi connectivity index (χ0n) is 13.2. The van der Waals surface area contributed by atoms with Gasteiger partial charge in [0.25, 0.3) is 10.0 Å². The van der Waals surface area contributed by atoms with Crippen LogP contribution in [0.4, 0.5) is 0 Å². The Morgan fingerprint density at radius 3 is 2.57 bits per heavy atom. The van der Waals surface area contributed by atoms with Gasteiger partial charge in [0.05, 0.1) is 6.61 Å². The number of nitrogens with one attached hydrogen (secondary N) is 1. The highest BCUT2D eigenvalue weighted by Crippen LogP contribution is 2.15. The summed E-state index contributed by atoms with van der Waals surface area (Å²) >= 11 is 0. The van der Waals surface area contributed by atoms with Crippen LogP contribution in [-0.4, -0.2) is 51.6 Å². The van der Waals surface area contributed by atoms with E-state index in [2.05, 4.69) is 10.3 Å². The summed E-state index contributed by atoms with van der Waals surface area (Å²) in [5, 5.41) is 3.09. The first kappa shape index (κ1) is 18.0. The molecule has 21 heavy (non-hydrogen) atoms. The van der Waals surface area contributed by atoms with Crippen molar-refractivity contribution in [2.75, 3.05) is 33.9 Å². The molecule has 0 aliphatic carbocycles. The minimum Gasteiger partial charge on any atom is -0.383 e. The molecule has 0 radical (unpaired) electrons. The highest BCUT2D eigenvalue weighted by atomic mass is 32.2. The lowest BCUT2D eigenvalue weighted by Gasteiger charge is -2.23. The molecule has 120 valence electrons. The van der Waals surface area contributed by atoms with E-state index in [1.54, 1.807) is 25.4 Å². The summed E-state index contributed by atoms with van der Waals surface area (Å²) in [5.41, 5.74) is 0.948. The number of rotatable bonds is 9. The van der Waals surface area contributed by atoms with E-state index in [1.807, 2.05) is 20.9 Å². The molecular formula is C14H25N3O3S. The zero-order valence-corrected chi connectivity index (χ0v) is 14.0. The topological polar surface area (TPSA) is 71.5 Å². The predicted octanol–water partition coefficient (Wildman–Crippen LogP) is 1.09. The molecule has 0 aromatic carbocycles. The molecule has 0 spiro atoms. The number of hydrogen-bond donors (Lipinski definition) is 1. The Kier molecular flexibility index (Phi) is 7.24. The normalized spacial score (nSPS) is 12.3. The summed E-state index contributed by atoms with van der Waals surface area (Å²) in [5.74, 6) is 0.236. The summed E-state index contributed by atoms with van der Waals surface area (Å²) in [6, 6.07) is 3.34. The molecule has 7 heteroatoms.